The number of aromatic nitrogens is 2. The Morgan fingerprint density at radius 1 is 0.946 bits per heavy atom. The highest BCUT2D eigenvalue weighted by molar-refractivity contribution is 7.25. The molecule has 1 N–H and O–H groups in total. The molecule has 3 aromatic carbocycles. The SMILES string of the molecule is CCCCc1cc(O)c2sc3nc(Cc4ccc(OC)c(OC)c4)n(Cc4ccccc4)c(=O)c3c2c1. The first-order valence-corrected chi connectivity index (χ1v) is 13.3. The third kappa shape index (κ3) is 4.91. The third-order valence-corrected chi connectivity index (χ3v) is 7.75. The van der Waals surface area contributed by atoms with E-state index in [1.807, 2.05) is 60.7 Å². The van der Waals surface area contributed by atoms with Crippen LogP contribution in [-0.4, -0.2) is 28.9 Å². The van der Waals surface area contributed by atoms with Crippen molar-refractivity contribution < 1.29 is 14.6 Å². The normalized spacial score (nSPS) is 11.3. The van der Waals surface area contributed by atoms with E-state index in [1.165, 1.54) is 11.3 Å². The van der Waals surface area contributed by atoms with Crippen LogP contribution < -0.4 is 15.0 Å². The Bertz CT molecular complexity index is 1620. The lowest BCUT2D eigenvalue weighted by atomic mass is 10.0. The molecule has 0 aliphatic carbocycles. The van der Waals surface area contributed by atoms with Crippen LogP contribution in [0.2, 0.25) is 0 Å². The summed E-state index contributed by atoms with van der Waals surface area (Å²) in [4.78, 5) is 19.7. The van der Waals surface area contributed by atoms with Crippen LogP contribution in [0, 0.1) is 0 Å². The predicted octanol–water partition coefficient (Wildman–Crippen LogP) is 6.32. The van der Waals surface area contributed by atoms with Crippen LogP contribution in [0.5, 0.6) is 17.2 Å². The number of thiophene rings is 1. The van der Waals surface area contributed by atoms with E-state index in [-0.39, 0.29) is 11.3 Å². The van der Waals surface area contributed by atoms with Gasteiger partial charge in [0.2, 0.25) is 0 Å². The Morgan fingerprint density at radius 2 is 1.73 bits per heavy atom. The van der Waals surface area contributed by atoms with E-state index in [4.69, 9.17) is 14.5 Å². The van der Waals surface area contributed by atoms with Gasteiger partial charge in [-0.1, -0.05) is 49.7 Å². The first-order valence-electron chi connectivity index (χ1n) is 12.4. The molecule has 5 aromatic rings. The zero-order valence-corrected chi connectivity index (χ0v) is 22.1. The average Bonchev–Trinajstić information content (AvgIpc) is 3.29. The van der Waals surface area contributed by atoms with Crippen molar-refractivity contribution in [2.45, 2.75) is 39.2 Å². The summed E-state index contributed by atoms with van der Waals surface area (Å²) < 4.78 is 13.3. The van der Waals surface area contributed by atoms with Gasteiger partial charge in [0.15, 0.2) is 11.5 Å². The Labute approximate surface area is 219 Å². The molecule has 6 nitrogen and oxygen atoms in total. The minimum absolute atomic E-state index is 0.0948. The minimum Gasteiger partial charge on any atom is -0.506 e. The second-order valence-electron chi connectivity index (χ2n) is 9.15. The molecule has 2 heterocycles. The van der Waals surface area contributed by atoms with Crippen molar-refractivity contribution in [1.82, 2.24) is 9.55 Å². The summed E-state index contributed by atoms with van der Waals surface area (Å²) in [7, 11) is 3.21. The van der Waals surface area contributed by atoms with E-state index in [0.717, 1.165) is 41.3 Å². The molecule has 0 atom stereocenters. The first kappa shape index (κ1) is 24.8. The molecule has 0 bridgehead atoms. The zero-order chi connectivity index (χ0) is 25.9. The maximum absolute atomic E-state index is 14.1. The van der Waals surface area contributed by atoms with Crippen LogP contribution in [0.15, 0.2) is 65.5 Å². The molecule has 0 spiro atoms. The third-order valence-electron chi connectivity index (χ3n) is 6.62. The van der Waals surface area contributed by atoms with Gasteiger partial charge in [-0.05, 0) is 53.8 Å². The number of benzene rings is 3. The number of ether oxygens (including phenoxy) is 2. The van der Waals surface area contributed by atoms with E-state index in [0.29, 0.717) is 45.2 Å². The van der Waals surface area contributed by atoms with Crippen molar-refractivity contribution in [3.63, 3.8) is 0 Å². The number of fused-ring (bicyclic) bond motifs is 3. The van der Waals surface area contributed by atoms with E-state index in [2.05, 4.69) is 6.92 Å². The zero-order valence-electron chi connectivity index (χ0n) is 21.3. The van der Waals surface area contributed by atoms with E-state index in [1.54, 1.807) is 18.8 Å². The van der Waals surface area contributed by atoms with E-state index < -0.39 is 0 Å². The van der Waals surface area contributed by atoms with E-state index >= 15 is 0 Å². The maximum atomic E-state index is 14.1. The summed E-state index contributed by atoms with van der Waals surface area (Å²) in [6, 6.07) is 19.5. The first-order chi connectivity index (χ1) is 18.0. The molecule has 5 rings (SSSR count). The van der Waals surface area contributed by atoms with Crippen molar-refractivity contribution in [1.29, 1.82) is 0 Å². The summed E-state index contributed by atoms with van der Waals surface area (Å²) in [6.45, 7) is 2.55. The number of aromatic hydroxyl groups is 1. The molecule has 190 valence electrons. The van der Waals surface area contributed by atoms with Crippen LogP contribution in [0.1, 0.15) is 42.3 Å². The van der Waals surface area contributed by atoms with Gasteiger partial charge in [0.1, 0.15) is 16.4 Å². The molecule has 0 aliphatic rings. The van der Waals surface area contributed by atoms with Gasteiger partial charge in [-0.3, -0.25) is 9.36 Å². The molecular weight excluding hydrogens is 484 g/mol. The maximum Gasteiger partial charge on any atom is 0.263 e. The fraction of sp³-hybridized carbons (Fsp3) is 0.267. The standard InChI is InChI=1S/C30H30N2O4S/c1-4-5-9-20-14-22-27-29(37-28(22)23(33)15-20)31-26(17-21-12-13-24(35-2)25(16-21)36-3)32(30(27)34)18-19-10-7-6-8-11-19/h6-8,10-16,33H,4-5,9,17-18H2,1-3H3. The number of hydrogen-bond acceptors (Lipinski definition) is 6. The largest absolute Gasteiger partial charge is 0.506 e. The van der Waals surface area contributed by atoms with Crippen LogP contribution in [-0.2, 0) is 19.4 Å². The Hall–Kier alpha value is -3.84. The van der Waals surface area contributed by atoms with E-state index in [9.17, 15) is 9.90 Å². The lowest BCUT2D eigenvalue weighted by molar-refractivity contribution is 0.354. The van der Waals surface area contributed by atoms with Gasteiger partial charge in [0.25, 0.3) is 5.56 Å². The second-order valence-corrected chi connectivity index (χ2v) is 10.1. The number of rotatable bonds is 9. The van der Waals surface area contributed by atoms with Crippen molar-refractivity contribution >= 4 is 31.6 Å². The number of aryl methyl sites for hydroxylation is 1. The number of phenolic OH excluding ortho intramolecular Hbond substituents is 1. The quantitative estimate of drug-likeness (QED) is 0.249. The smallest absolute Gasteiger partial charge is 0.263 e. The molecule has 7 heteroatoms. The van der Waals surface area contributed by atoms with Crippen molar-refractivity contribution in [3.8, 4) is 17.2 Å². The second kappa shape index (κ2) is 10.6. The Balaban J connectivity index is 1.70. The fourth-order valence-corrected chi connectivity index (χ4v) is 5.78. The number of phenols is 1. The molecule has 0 amide bonds. The van der Waals surface area contributed by atoms with Gasteiger partial charge < -0.3 is 14.6 Å². The number of unbranched alkanes of at least 4 members (excludes halogenated alkanes) is 1. The van der Waals surface area contributed by atoms with Crippen LogP contribution >= 0.6 is 11.3 Å². The summed E-state index contributed by atoms with van der Waals surface area (Å²) in [5, 5.41) is 12.2. The van der Waals surface area contributed by atoms with Crippen molar-refractivity contribution in [3.05, 3.63) is 93.5 Å². The number of hydrogen-bond donors (Lipinski definition) is 1. The van der Waals surface area contributed by atoms with Gasteiger partial charge in [0.05, 0.1) is 30.9 Å². The minimum atomic E-state index is -0.0948. The van der Waals surface area contributed by atoms with Gasteiger partial charge in [-0.2, -0.15) is 0 Å². The predicted molar refractivity (Wildman–Crippen MR) is 150 cm³/mol. The average molecular weight is 515 g/mol. The van der Waals surface area contributed by atoms with Crippen LogP contribution in [0.25, 0.3) is 20.3 Å². The lowest BCUT2D eigenvalue weighted by Gasteiger charge is -2.14. The Morgan fingerprint density at radius 3 is 2.46 bits per heavy atom. The topological polar surface area (TPSA) is 73.6 Å². The van der Waals surface area contributed by atoms with Crippen LogP contribution in [0.4, 0.5) is 0 Å². The van der Waals surface area contributed by atoms with Gasteiger partial charge in [-0.15, -0.1) is 11.3 Å². The molecule has 37 heavy (non-hydrogen) atoms. The monoisotopic (exact) mass is 514 g/mol. The molecular formula is C30H30N2O4S. The molecule has 0 saturated heterocycles. The highest BCUT2D eigenvalue weighted by Gasteiger charge is 2.19. The molecule has 0 aliphatic heterocycles. The number of methoxy groups -OCH3 is 2. The van der Waals surface area contributed by atoms with Crippen molar-refractivity contribution in [2.75, 3.05) is 14.2 Å². The summed E-state index contributed by atoms with van der Waals surface area (Å²) in [5.74, 6) is 2.15. The highest BCUT2D eigenvalue weighted by Crippen LogP contribution is 2.38. The highest BCUT2D eigenvalue weighted by atomic mass is 32.1. The lowest BCUT2D eigenvalue weighted by Crippen LogP contribution is -2.25. The summed E-state index contributed by atoms with van der Waals surface area (Å²) >= 11 is 1.37. The molecule has 0 fully saturated rings. The molecule has 2 aromatic heterocycles. The van der Waals surface area contributed by atoms with Crippen molar-refractivity contribution in [2.24, 2.45) is 0 Å². The molecule has 0 unspecified atom stereocenters. The summed E-state index contributed by atoms with van der Waals surface area (Å²) in [5.41, 5.74) is 2.92. The van der Waals surface area contributed by atoms with Gasteiger partial charge in [0, 0.05) is 11.8 Å². The van der Waals surface area contributed by atoms with Gasteiger partial charge >= 0.3 is 0 Å². The fourth-order valence-electron chi connectivity index (χ4n) is 4.71. The van der Waals surface area contributed by atoms with Crippen LogP contribution in [0.3, 0.4) is 0 Å². The summed E-state index contributed by atoms with van der Waals surface area (Å²) in [6.07, 6.45) is 3.40. The van der Waals surface area contributed by atoms with Gasteiger partial charge in [-0.25, -0.2) is 4.98 Å². The Kier molecular flexibility index (Phi) is 7.15. The molecule has 0 saturated carbocycles. The number of nitrogens with zero attached hydrogens (tertiary/aromatic N) is 2. The molecule has 0 radical (unpaired) electrons.